The number of pyridine rings is 1. The molecule has 5 nitrogen and oxygen atoms in total. The van der Waals surface area contributed by atoms with Crippen LogP contribution in [-0.4, -0.2) is 31.6 Å². The van der Waals surface area contributed by atoms with E-state index in [-0.39, 0.29) is 5.91 Å². The topological polar surface area (TPSA) is 54.5 Å². The smallest absolute Gasteiger partial charge is 0.252 e. The molecule has 5 heteroatoms. The molecule has 0 aliphatic heterocycles. The van der Waals surface area contributed by atoms with Crippen LogP contribution >= 0.6 is 0 Å². The molecule has 138 valence electrons. The van der Waals surface area contributed by atoms with Crippen molar-refractivity contribution in [3.8, 4) is 5.75 Å². The maximum atomic E-state index is 12.3. The molecule has 0 bridgehead atoms. The van der Waals surface area contributed by atoms with Crippen molar-refractivity contribution in [3.63, 3.8) is 0 Å². The van der Waals surface area contributed by atoms with E-state index in [1.54, 1.807) is 19.4 Å². The lowest BCUT2D eigenvalue weighted by molar-refractivity contribution is 0.0954. The van der Waals surface area contributed by atoms with Crippen LogP contribution in [0.2, 0.25) is 0 Å². The van der Waals surface area contributed by atoms with E-state index in [1.165, 1.54) is 0 Å². The van der Waals surface area contributed by atoms with Gasteiger partial charge in [-0.25, -0.2) is 4.98 Å². The number of nitrogens with zero attached hydrogens (tertiary/aromatic N) is 2. The lowest BCUT2D eigenvalue weighted by Gasteiger charge is -2.18. The average Bonchev–Trinajstić information content (AvgIpc) is 2.74. The Kier molecular flexibility index (Phi) is 6.05. The van der Waals surface area contributed by atoms with Gasteiger partial charge in [0, 0.05) is 25.5 Å². The Morgan fingerprint density at radius 2 is 1.89 bits per heavy atom. The van der Waals surface area contributed by atoms with Crippen LogP contribution in [0.25, 0.3) is 0 Å². The van der Waals surface area contributed by atoms with Crippen molar-refractivity contribution >= 4 is 17.4 Å². The van der Waals surface area contributed by atoms with Crippen molar-refractivity contribution in [3.05, 3.63) is 84.1 Å². The van der Waals surface area contributed by atoms with Gasteiger partial charge in [0.2, 0.25) is 0 Å². The summed E-state index contributed by atoms with van der Waals surface area (Å²) in [5.41, 5.74) is 2.71. The summed E-state index contributed by atoms with van der Waals surface area (Å²) in [5.74, 6) is 1.48. The summed E-state index contributed by atoms with van der Waals surface area (Å²) in [6.07, 6.45) is 2.35. The van der Waals surface area contributed by atoms with E-state index in [0.717, 1.165) is 29.2 Å². The number of benzene rings is 2. The van der Waals surface area contributed by atoms with Gasteiger partial charge in [0.25, 0.3) is 5.91 Å². The van der Waals surface area contributed by atoms with Gasteiger partial charge in [-0.15, -0.1) is 0 Å². The Morgan fingerprint density at radius 1 is 1.07 bits per heavy atom. The van der Waals surface area contributed by atoms with Gasteiger partial charge in [-0.05, 0) is 48.4 Å². The summed E-state index contributed by atoms with van der Waals surface area (Å²) in [6.45, 7) is 0.553. The minimum absolute atomic E-state index is 0.126. The number of aromatic nitrogens is 1. The molecule has 1 aromatic heterocycles. The summed E-state index contributed by atoms with van der Waals surface area (Å²) in [4.78, 5) is 18.7. The first-order chi connectivity index (χ1) is 13.2. The lowest BCUT2D eigenvalue weighted by atomic mass is 10.1. The molecular weight excluding hydrogens is 338 g/mol. The van der Waals surface area contributed by atoms with Crippen molar-refractivity contribution < 1.29 is 9.53 Å². The normalized spacial score (nSPS) is 10.3. The van der Waals surface area contributed by atoms with Gasteiger partial charge in [-0.1, -0.05) is 30.3 Å². The molecule has 0 unspecified atom stereocenters. The highest BCUT2D eigenvalue weighted by Crippen LogP contribution is 2.20. The molecule has 0 radical (unpaired) electrons. The molecule has 0 saturated heterocycles. The highest BCUT2D eigenvalue weighted by atomic mass is 16.5. The number of anilines is 2. The fraction of sp³-hybridized carbons (Fsp3) is 0.182. The molecule has 1 heterocycles. The fourth-order valence-corrected chi connectivity index (χ4v) is 2.75. The highest BCUT2D eigenvalue weighted by molar-refractivity contribution is 5.94. The summed E-state index contributed by atoms with van der Waals surface area (Å²) in [5, 5.41) is 2.93. The minimum atomic E-state index is -0.126. The van der Waals surface area contributed by atoms with Gasteiger partial charge in [0.15, 0.2) is 0 Å². The second kappa shape index (κ2) is 8.85. The van der Waals surface area contributed by atoms with E-state index in [2.05, 4.69) is 10.3 Å². The summed E-state index contributed by atoms with van der Waals surface area (Å²) >= 11 is 0. The third-order valence-corrected chi connectivity index (χ3v) is 4.33. The first-order valence-corrected chi connectivity index (χ1v) is 8.83. The van der Waals surface area contributed by atoms with Crippen molar-refractivity contribution in [2.75, 3.05) is 25.6 Å². The molecule has 1 N–H and O–H groups in total. The van der Waals surface area contributed by atoms with Gasteiger partial charge in [-0.3, -0.25) is 4.79 Å². The van der Waals surface area contributed by atoms with Crippen LogP contribution in [0, 0.1) is 0 Å². The van der Waals surface area contributed by atoms with Crippen LogP contribution in [0.4, 0.5) is 11.5 Å². The first kappa shape index (κ1) is 18.5. The Bertz CT molecular complexity index is 880. The zero-order chi connectivity index (χ0) is 19.1. The molecule has 1 amide bonds. The number of carbonyl (C=O) groups is 1. The quantitative estimate of drug-likeness (QED) is 0.695. The van der Waals surface area contributed by atoms with E-state index >= 15 is 0 Å². The molecule has 0 fully saturated rings. The lowest BCUT2D eigenvalue weighted by Crippen LogP contribution is -2.26. The molecular formula is C22H23N3O2. The number of amides is 1. The largest absolute Gasteiger partial charge is 0.497 e. The first-order valence-electron chi connectivity index (χ1n) is 8.83. The second-order valence-electron chi connectivity index (χ2n) is 6.16. The van der Waals surface area contributed by atoms with Gasteiger partial charge >= 0.3 is 0 Å². The standard InChI is InChI=1S/C22H23N3O2/c1-25(19-8-4-3-5-9-19)21-12-11-18(16-24-21)22(26)23-14-13-17-7-6-10-20(15-17)27-2/h3-12,15-16H,13-14H2,1-2H3,(H,23,26). The Balaban J connectivity index is 1.56. The van der Waals surface area contributed by atoms with Crippen molar-refractivity contribution in [2.24, 2.45) is 0 Å². The third-order valence-electron chi connectivity index (χ3n) is 4.33. The summed E-state index contributed by atoms with van der Waals surface area (Å²) in [6, 6.07) is 21.5. The number of ether oxygens (including phenoxy) is 1. The van der Waals surface area contributed by atoms with E-state index in [9.17, 15) is 4.79 Å². The van der Waals surface area contributed by atoms with Gasteiger partial charge in [0.05, 0.1) is 12.7 Å². The molecule has 0 aliphatic carbocycles. The van der Waals surface area contributed by atoms with Crippen LogP contribution in [-0.2, 0) is 6.42 Å². The number of nitrogens with one attached hydrogen (secondary N) is 1. The van der Waals surface area contributed by atoms with E-state index < -0.39 is 0 Å². The van der Waals surface area contributed by atoms with E-state index in [4.69, 9.17) is 4.74 Å². The second-order valence-corrected chi connectivity index (χ2v) is 6.16. The predicted molar refractivity (Wildman–Crippen MR) is 108 cm³/mol. The van der Waals surface area contributed by atoms with Gasteiger partial charge in [-0.2, -0.15) is 0 Å². The Morgan fingerprint density at radius 3 is 2.59 bits per heavy atom. The van der Waals surface area contributed by atoms with Crippen molar-refractivity contribution in [1.82, 2.24) is 10.3 Å². The van der Waals surface area contributed by atoms with Gasteiger partial charge in [0.1, 0.15) is 11.6 Å². The Labute approximate surface area is 159 Å². The Hall–Kier alpha value is -3.34. The molecule has 2 aromatic carbocycles. The maximum absolute atomic E-state index is 12.3. The highest BCUT2D eigenvalue weighted by Gasteiger charge is 2.09. The molecule has 3 aromatic rings. The fourth-order valence-electron chi connectivity index (χ4n) is 2.75. The van der Waals surface area contributed by atoms with E-state index in [0.29, 0.717) is 12.1 Å². The number of carbonyl (C=O) groups excluding carboxylic acids is 1. The average molecular weight is 361 g/mol. The minimum Gasteiger partial charge on any atom is -0.497 e. The van der Waals surface area contributed by atoms with Crippen LogP contribution in [0.5, 0.6) is 5.75 Å². The van der Waals surface area contributed by atoms with Crippen LogP contribution in [0.3, 0.4) is 0 Å². The third kappa shape index (κ3) is 4.85. The molecule has 0 saturated carbocycles. The molecule has 3 rings (SSSR count). The molecule has 27 heavy (non-hydrogen) atoms. The number of methoxy groups -OCH3 is 1. The monoisotopic (exact) mass is 361 g/mol. The maximum Gasteiger partial charge on any atom is 0.252 e. The number of rotatable bonds is 7. The molecule has 0 atom stereocenters. The number of para-hydroxylation sites is 1. The summed E-state index contributed by atoms with van der Waals surface area (Å²) < 4.78 is 5.21. The zero-order valence-corrected chi connectivity index (χ0v) is 15.6. The summed E-state index contributed by atoms with van der Waals surface area (Å²) in [7, 11) is 3.60. The zero-order valence-electron chi connectivity index (χ0n) is 15.6. The van der Waals surface area contributed by atoms with Crippen molar-refractivity contribution in [1.29, 1.82) is 0 Å². The van der Waals surface area contributed by atoms with Crippen LogP contribution in [0.15, 0.2) is 72.9 Å². The van der Waals surface area contributed by atoms with Crippen LogP contribution in [0.1, 0.15) is 15.9 Å². The predicted octanol–water partition coefficient (Wildman–Crippen LogP) is 3.83. The van der Waals surface area contributed by atoms with Crippen LogP contribution < -0.4 is 15.0 Å². The molecule has 0 spiro atoms. The number of hydrogen-bond donors (Lipinski definition) is 1. The number of hydrogen-bond acceptors (Lipinski definition) is 4. The van der Waals surface area contributed by atoms with E-state index in [1.807, 2.05) is 72.6 Å². The van der Waals surface area contributed by atoms with Gasteiger partial charge < -0.3 is 15.0 Å². The van der Waals surface area contributed by atoms with Crippen molar-refractivity contribution in [2.45, 2.75) is 6.42 Å². The molecule has 0 aliphatic rings. The SMILES string of the molecule is COc1cccc(CCNC(=O)c2ccc(N(C)c3ccccc3)nc2)c1.